The van der Waals surface area contributed by atoms with E-state index in [0.717, 1.165) is 6.54 Å². The van der Waals surface area contributed by atoms with Gasteiger partial charge in [0.25, 0.3) is 0 Å². The molecule has 1 aliphatic carbocycles. The first-order chi connectivity index (χ1) is 12.7. The average Bonchev–Trinajstić information content (AvgIpc) is 2.67. The molecule has 1 aliphatic rings. The van der Waals surface area contributed by atoms with E-state index in [1.807, 2.05) is 0 Å². The number of hydrogen-bond acceptors (Lipinski definition) is 6. The number of unbranched alkanes of at least 4 members (excludes halogenated alkanes) is 3. The van der Waals surface area contributed by atoms with Crippen molar-refractivity contribution in [2.45, 2.75) is 70.8 Å². The molecular weight excluding hydrogens is 332 g/mol. The molecule has 1 fully saturated rings. The Morgan fingerprint density at radius 3 is 1.65 bits per heavy atom. The van der Waals surface area contributed by atoms with Crippen molar-refractivity contribution in [1.29, 1.82) is 0 Å². The molecule has 0 saturated heterocycles. The SMILES string of the molecule is CCCCCCN(CCO)CCO.OCCN(CCO)C1CCCCC1. The molecule has 0 aromatic heterocycles. The molecule has 0 aromatic carbocycles. The van der Waals surface area contributed by atoms with Crippen LogP contribution in [0.25, 0.3) is 0 Å². The highest BCUT2D eigenvalue weighted by Crippen LogP contribution is 2.21. The van der Waals surface area contributed by atoms with E-state index in [1.54, 1.807) is 0 Å². The molecule has 0 spiro atoms. The Balaban J connectivity index is 0.000000481. The minimum Gasteiger partial charge on any atom is -0.395 e. The highest BCUT2D eigenvalue weighted by atomic mass is 16.3. The zero-order valence-corrected chi connectivity index (χ0v) is 17.0. The van der Waals surface area contributed by atoms with E-state index in [0.29, 0.717) is 32.2 Å². The number of aliphatic hydroxyl groups is 4. The lowest BCUT2D eigenvalue weighted by Crippen LogP contribution is -2.40. The lowest BCUT2D eigenvalue weighted by molar-refractivity contribution is 0.101. The van der Waals surface area contributed by atoms with Gasteiger partial charge in [-0.25, -0.2) is 0 Å². The van der Waals surface area contributed by atoms with Crippen molar-refractivity contribution in [3.05, 3.63) is 0 Å². The van der Waals surface area contributed by atoms with Gasteiger partial charge in [0.2, 0.25) is 0 Å². The molecule has 6 heteroatoms. The van der Waals surface area contributed by atoms with Gasteiger partial charge in [0.1, 0.15) is 0 Å². The molecule has 1 saturated carbocycles. The first-order valence-electron chi connectivity index (χ1n) is 10.6. The number of aliphatic hydroxyl groups excluding tert-OH is 4. The normalized spacial score (nSPS) is 15.3. The summed E-state index contributed by atoms with van der Waals surface area (Å²) in [5.74, 6) is 0. The summed E-state index contributed by atoms with van der Waals surface area (Å²) < 4.78 is 0. The van der Waals surface area contributed by atoms with Crippen molar-refractivity contribution >= 4 is 0 Å². The van der Waals surface area contributed by atoms with E-state index in [1.165, 1.54) is 57.8 Å². The Bertz CT molecular complexity index is 265. The lowest BCUT2D eigenvalue weighted by Gasteiger charge is -2.33. The van der Waals surface area contributed by atoms with Gasteiger partial charge in [-0.1, -0.05) is 45.4 Å². The Labute approximate surface area is 160 Å². The Kier molecular flexibility index (Phi) is 19.3. The highest BCUT2D eigenvalue weighted by molar-refractivity contribution is 4.75. The van der Waals surface area contributed by atoms with Gasteiger partial charge in [0, 0.05) is 32.2 Å². The second kappa shape index (κ2) is 19.5. The van der Waals surface area contributed by atoms with Crippen LogP contribution < -0.4 is 0 Å². The molecule has 0 radical (unpaired) electrons. The summed E-state index contributed by atoms with van der Waals surface area (Å²) in [6.07, 6.45) is 11.4. The van der Waals surface area contributed by atoms with Crippen LogP contribution in [0.2, 0.25) is 0 Å². The maximum atomic E-state index is 8.87. The fraction of sp³-hybridized carbons (Fsp3) is 1.00. The maximum absolute atomic E-state index is 8.87. The summed E-state index contributed by atoms with van der Waals surface area (Å²) in [5, 5.41) is 35.2. The molecular formula is C20H44N2O4. The van der Waals surface area contributed by atoms with E-state index in [2.05, 4.69) is 16.7 Å². The molecule has 0 amide bonds. The molecule has 0 aliphatic heterocycles. The fourth-order valence-corrected chi connectivity index (χ4v) is 3.56. The minimum atomic E-state index is 0.188. The molecule has 0 bridgehead atoms. The molecule has 158 valence electrons. The van der Waals surface area contributed by atoms with E-state index < -0.39 is 0 Å². The van der Waals surface area contributed by atoms with Crippen LogP contribution in [0.3, 0.4) is 0 Å². The van der Waals surface area contributed by atoms with Crippen molar-refractivity contribution in [3.63, 3.8) is 0 Å². The third kappa shape index (κ3) is 13.9. The van der Waals surface area contributed by atoms with Gasteiger partial charge in [-0.15, -0.1) is 0 Å². The molecule has 0 atom stereocenters. The third-order valence-electron chi connectivity index (χ3n) is 5.03. The summed E-state index contributed by atoms with van der Waals surface area (Å²) in [6.45, 7) is 6.78. The van der Waals surface area contributed by atoms with Crippen LogP contribution in [0.1, 0.15) is 64.7 Å². The van der Waals surface area contributed by atoms with Crippen LogP contribution in [0.4, 0.5) is 0 Å². The lowest BCUT2D eigenvalue weighted by atomic mass is 9.94. The van der Waals surface area contributed by atoms with Crippen LogP contribution >= 0.6 is 0 Å². The quantitative estimate of drug-likeness (QED) is 0.343. The van der Waals surface area contributed by atoms with Crippen LogP contribution in [-0.2, 0) is 0 Å². The van der Waals surface area contributed by atoms with Crippen LogP contribution in [-0.4, -0.2) is 95.4 Å². The summed E-state index contributed by atoms with van der Waals surface area (Å²) in [4.78, 5) is 4.33. The predicted molar refractivity (Wildman–Crippen MR) is 107 cm³/mol. The zero-order chi connectivity index (χ0) is 19.5. The van der Waals surface area contributed by atoms with Gasteiger partial charge in [0.05, 0.1) is 26.4 Å². The van der Waals surface area contributed by atoms with Crippen LogP contribution in [0, 0.1) is 0 Å². The van der Waals surface area contributed by atoms with E-state index in [9.17, 15) is 0 Å². The summed E-state index contributed by atoms with van der Waals surface area (Å²) in [6, 6.07) is 0.605. The number of hydrogen-bond donors (Lipinski definition) is 4. The van der Waals surface area contributed by atoms with Crippen LogP contribution in [0.5, 0.6) is 0 Å². The highest BCUT2D eigenvalue weighted by Gasteiger charge is 2.19. The molecule has 0 aromatic rings. The van der Waals surface area contributed by atoms with Gasteiger partial charge in [-0.2, -0.15) is 0 Å². The van der Waals surface area contributed by atoms with Gasteiger partial charge in [-0.05, 0) is 25.8 Å². The molecule has 0 unspecified atom stereocenters. The Morgan fingerprint density at radius 1 is 0.654 bits per heavy atom. The van der Waals surface area contributed by atoms with Gasteiger partial charge in [-0.3, -0.25) is 9.80 Å². The maximum Gasteiger partial charge on any atom is 0.0558 e. The smallest absolute Gasteiger partial charge is 0.0558 e. The standard InChI is InChI=1S/C10H21NO2.C10H23NO2/c12-8-6-11(7-9-13)10-4-2-1-3-5-10;1-2-3-4-5-6-11(7-9-12)8-10-13/h10,12-13H,1-9H2;12-13H,2-10H2,1H3. The fourth-order valence-electron chi connectivity index (χ4n) is 3.56. The van der Waals surface area contributed by atoms with Gasteiger partial charge >= 0.3 is 0 Å². The van der Waals surface area contributed by atoms with E-state index in [-0.39, 0.29) is 26.4 Å². The van der Waals surface area contributed by atoms with E-state index >= 15 is 0 Å². The third-order valence-corrected chi connectivity index (χ3v) is 5.03. The number of nitrogens with zero attached hydrogens (tertiary/aromatic N) is 2. The summed E-state index contributed by atoms with van der Waals surface area (Å²) >= 11 is 0. The van der Waals surface area contributed by atoms with Gasteiger partial charge < -0.3 is 20.4 Å². The van der Waals surface area contributed by atoms with Crippen molar-refractivity contribution in [3.8, 4) is 0 Å². The molecule has 1 rings (SSSR count). The zero-order valence-electron chi connectivity index (χ0n) is 17.0. The molecule has 6 nitrogen and oxygen atoms in total. The van der Waals surface area contributed by atoms with Crippen molar-refractivity contribution in [1.82, 2.24) is 9.80 Å². The average molecular weight is 377 g/mol. The largest absolute Gasteiger partial charge is 0.395 e. The van der Waals surface area contributed by atoms with Crippen molar-refractivity contribution < 1.29 is 20.4 Å². The Morgan fingerprint density at radius 2 is 1.19 bits per heavy atom. The monoisotopic (exact) mass is 376 g/mol. The number of rotatable bonds is 14. The van der Waals surface area contributed by atoms with Crippen molar-refractivity contribution in [2.75, 3.05) is 59.2 Å². The van der Waals surface area contributed by atoms with E-state index in [4.69, 9.17) is 20.4 Å². The minimum absolute atomic E-state index is 0.188. The second-order valence-electron chi connectivity index (χ2n) is 7.12. The predicted octanol–water partition coefficient (Wildman–Crippen LogP) is 1.46. The first-order valence-corrected chi connectivity index (χ1v) is 10.6. The Hall–Kier alpha value is -0.240. The van der Waals surface area contributed by atoms with Crippen molar-refractivity contribution in [2.24, 2.45) is 0 Å². The second-order valence-corrected chi connectivity index (χ2v) is 7.12. The summed E-state index contributed by atoms with van der Waals surface area (Å²) in [7, 11) is 0. The van der Waals surface area contributed by atoms with Gasteiger partial charge in [0.15, 0.2) is 0 Å². The molecule has 4 N–H and O–H groups in total. The molecule has 26 heavy (non-hydrogen) atoms. The molecule has 0 heterocycles. The first kappa shape index (κ1) is 25.8. The topological polar surface area (TPSA) is 87.4 Å². The van der Waals surface area contributed by atoms with Crippen LogP contribution in [0.15, 0.2) is 0 Å². The summed E-state index contributed by atoms with van der Waals surface area (Å²) in [5.41, 5.74) is 0.